The first-order valence-corrected chi connectivity index (χ1v) is 12.7. The molecule has 1 amide bonds. The van der Waals surface area contributed by atoms with Gasteiger partial charge in [-0.3, -0.25) is 4.79 Å². The zero-order valence-electron chi connectivity index (χ0n) is 19.7. The highest BCUT2D eigenvalue weighted by Gasteiger charge is 2.29. The van der Waals surface area contributed by atoms with Gasteiger partial charge in [0, 0.05) is 15.8 Å². The van der Waals surface area contributed by atoms with E-state index in [9.17, 15) is 9.59 Å². The Kier molecular flexibility index (Phi) is 6.51. The fourth-order valence-electron chi connectivity index (χ4n) is 4.48. The van der Waals surface area contributed by atoms with Crippen LogP contribution in [-0.4, -0.2) is 30.1 Å². The zero-order valence-corrected chi connectivity index (χ0v) is 20.5. The van der Waals surface area contributed by atoms with Gasteiger partial charge in [0.1, 0.15) is 10.8 Å². The lowest BCUT2D eigenvalue weighted by Crippen LogP contribution is -2.16. The van der Waals surface area contributed by atoms with E-state index < -0.39 is 0 Å². The number of nitrogens with one attached hydrogen (secondary N) is 1. The first-order valence-electron chi connectivity index (χ1n) is 11.8. The molecule has 2 heterocycles. The van der Waals surface area contributed by atoms with Crippen molar-refractivity contribution >= 4 is 39.1 Å². The van der Waals surface area contributed by atoms with Gasteiger partial charge in [0.15, 0.2) is 0 Å². The van der Waals surface area contributed by atoms with Crippen molar-refractivity contribution < 1.29 is 19.1 Å². The third kappa shape index (κ3) is 4.51. The number of ether oxygens (including phenoxy) is 2. The fraction of sp³-hybridized carbons (Fsp3) is 0.250. The number of nitrogens with zero attached hydrogens (tertiary/aromatic N) is 1. The van der Waals surface area contributed by atoms with Crippen LogP contribution in [0.3, 0.4) is 0 Å². The number of amides is 1. The predicted octanol–water partition coefficient (Wildman–Crippen LogP) is 6.28. The molecular formula is C28H26N2O4S. The van der Waals surface area contributed by atoms with E-state index in [0.717, 1.165) is 51.9 Å². The summed E-state index contributed by atoms with van der Waals surface area (Å²) < 4.78 is 10.9. The van der Waals surface area contributed by atoms with Crippen molar-refractivity contribution in [2.24, 2.45) is 0 Å². The quantitative estimate of drug-likeness (QED) is 0.311. The number of para-hydroxylation sites is 1. The Morgan fingerprint density at radius 3 is 2.60 bits per heavy atom. The summed E-state index contributed by atoms with van der Waals surface area (Å²) in [6.07, 6.45) is 2.76. The molecular weight excluding hydrogens is 460 g/mol. The summed E-state index contributed by atoms with van der Waals surface area (Å²) in [4.78, 5) is 32.3. The number of carbonyl (C=O) groups is 2. The third-order valence-electron chi connectivity index (χ3n) is 6.05. The molecule has 0 fully saturated rings. The number of pyridine rings is 1. The molecule has 0 saturated heterocycles. The van der Waals surface area contributed by atoms with Crippen LogP contribution in [0.1, 0.15) is 51.4 Å². The molecule has 0 unspecified atom stereocenters. The maximum absolute atomic E-state index is 13.6. The number of esters is 1. The molecule has 0 atom stereocenters. The second-order valence-corrected chi connectivity index (χ2v) is 9.37. The Labute approximate surface area is 207 Å². The van der Waals surface area contributed by atoms with E-state index in [-0.39, 0.29) is 18.5 Å². The van der Waals surface area contributed by atoms with Crippen molar-refractivity contribution in [2.45, 2.75) is 33.1 Å². The molecule has 178 valence electrons. The van der Waals surface area contributed by atoms with E-state index in [1.54, 1.807) is 13.0 Å². The first kappa shape index (κ1) is 23.1. The van der Waals surface area contributed by atoms with Gasteiger partial charge in [0.05, 0.1) is 35.6 Å². The molecule has 0 aliphatic heterocycles. The van der Waals surface area contributed by atoms with E-state index >= 15 is 0 Å². The molecule has 5 rings (SSSR count). The average molecular weight is 487 g/mol. The van der Waals surface area contributed by atoms with E-state index in [1.165, 1.54) is 11.3 Å². The summed E-state index contributed by atoms with van der Waals surface area (Å²) in [5, 5.41) is 4.33. The minimum Gasteiger partial charge on any atom is -0.494 e. The highest BCUT2D eigenvalue weighted by Crippen LogP contribution is 2.40. The summed E-state index contributed by atoms with van der Waals surface area (Å²) in [5.41, 5.74) is 4.32. The van der Waals surface area contributed by atoms with Gasteiger partial charge >= 0.3 is 5.97 Å². The van der Waals surface area contributed by atoms with E-state index in [0.29, 0.717) is 28.4 Å². The zero-order chi connectivity index (χ0) is 24.4. The van der Waals surface area contributed by atoms with Gasteiger partial charge in [0.2, 0.25) is 0 Å². The van der Waals surface area contributed by atoms with Crippen LogP contribution in [0, 0.1) is 0 Å². The number of fused-ring (bicyclic) bond motifs is 2. The Bertz CT molecular complexity index is 1410. The van der Waals surface area contributed by atoms with E-state index in [4.69, 9.17) is 14.5 Å². The van der Waals surface area contributed by atoms with Gasteiger partial charge in [-0.25, -0.2) is 9.78 Å². The smallest absolute Gasteiger partial charge is 0.341 e. The number of hydrogen-bond donors (Lipinski definition) is 1. The number of rotatable bonds is 7. The standard InChI is InChI=1S/C28H26N2O4S/c1-3-33-18-14-12-17(13-15-18)23-16-21(19-8-5-6-10-22(19)29-23)26(31)30-27-25(28(32)34-4-2)20-9-7-11-24(20)35-27/h5-6,8,10,12-16H,3-4,7,9,11H2,1-2H3,(H,30,31). The molecule has 1 N–H and O–H groups in total. The highest BCUT2D eigenvalue weighted by atomic mass is 32.1. The maximum Gasteiger partial charge on any atom is 0.341 e. The van der Waals surface area contributed by atoms with Crippen molar-refractivity contribution in [3.05, 3.63) is 76.2 Å². The lowest BCUT2D eigenvalue weighted by molar-refractivity contribution is 0.0527. The highest BCUT2D eigenvalue weighted by molar-refractivity contribution is 7.17. The number of carbonyl (C=O) groups excluding carboxylic acids is 2. The Morgan fingerprint density at radius 2 is 1.83 bits per heavy atom. The minimum atomic E-state index is -0.378. The van der Waals surface area contributed by atoms with Gasteiger partial charge in [-0.15, -0.1) is 11.3 Å². The van der Waals surface area contributed by atoms with Gasteiger partial charge in [0.25, 0.3) is 5.91 Å². The van der Waals surface area contributed by atoms with Crippen LogP contribution in [0.25, 0.3) is 22.2 Å². The Hall–Kier alpha value is -3.71. The van der Waals surface area contributed by atoms with Crippen molar-refractivity contribution in [3.63, 3.8) is 0 Å². The molecule has 7 heteroatoms. The Morgan fingerprint density at radius 1 is 1.03 bits per heavy atom. The SMILES string of the molecule is CCOC(=O)c1c(NC(=O)c2cc(-c3ccc(OCC)cc3)nc3ccccc23)sc2c1CCC2. The molecule has 0 radical (unpaired) electrons. The largest absolute Gasteiger partial charge is 0.494 e. The second kappa shape index (κ2) is 9.88. The van der Waals surface area contributed by atoms with Gasteiger partial charge in [-0.1, -0.05) is 18.2 Å². The lowest BCUT2D eigenvalue weighted by atomic mass is 10.0. The van der Waals surface area contributed by atoms with Gasteiger partial charge in [-0.2, -0.15) is 0 Å². The monoisotopic (exact) mass is 486 g/mol. The van der Waals surface area contributed by atoms with E-state index in [1.807, 2.05) is 55.5 Å². The summed E-state index contributed by atoms with van der Waals surface area (Å²) in [5.74, 6) is 0.130. The van der Waals surface area contributed by atoms with Crippen LogP contribution in [0.15, 0.2) is 54.6 Å². The molecule has 35 heavy (non-hydrogen) atoms. The van der Waals surface area contributed by atoms with Gasteiger partial charge < -0.3 is 14.8 Å². The summed E-state index contributed by atoms with van der Waals surface area (Å²) in [6, 6.07) is 17.1. The number of hydrogen-bond acceptors (Lipinski definition) is 6. The number of anilines is 1. The van der Waals surface area contributed by atoms with E-state index in [2.05, 4.69) is 5.32 Å². The molecule has 1 aliphatic rings. The summed E-state index contributed by atoms with van der Waals surface area (Å²) in [6.45, 7) is 4.61. The van der Waals surface area contributed by atoms with Crippen molar-refractivity contribution in [1.82, 2.24) is 4.98 Å². The number of thiophene rings is 1. The fourth-order valence-corrected chi connectivity index (χ4v) is 5.75. The topological polar surface area (TPSA) is 77.5 Å². The van der Waals surface area contributed by atoms with Gasteiger partial charge in [-0.05, 0) is 75.1 Å². The first-order chi connectivity index (χ1) is 17.1. The number of benzene rings is 2. The van der Waals surface area contributed by atoms with Crippen LogP contribution in [0.5, 0.6) is 5.75 Å². The maximum atomic E-state index is 13.6. The molecule has 6 nitrogen and oxygen atoms in total. The van der Waals surface area contributed by atoms with Crippen LogP contribution in [0.4, 0.5) is 5.00 Å². The normalized spacial score (nSPS) is 12.4. The van der Waals surface area contributed by atoms with Crippen LogP contribution >= 0.6 is 11.3 Å². The third-order valence-corrected chi connectivity index (χ3v) is 7.26. The van der Waals surface area contributed by atoms with Crippen molar-refractivity contribution in [2.75, 3.05) is 18.5 Å². The average Bonchev–Trinajstić information content (AvgIpc) is 3.45. The number of aryl methyl sites for hydroxylation is 1. The molecule has 0 saturated carbocycles. The molecule has 1 aliphatic carbocycles. The lowest BCUT2D eigenvalue weighted by Gasteiger charge is -2.12. The minimum absolute atomic E-state index is 0.277. The predicted molar refractivity (Wildman–Crippen MR) is 139 cm³/mol. The molecule has 0 spiro atoms. The van der Waals surface area contributed by atoms with Crippen LogP contribution in [0.2, 0.25) is 0 Å². The van der Waals surface area contributed by atoms with Crippen molar-refractivity contribution in [1.29, 1.82) is 0 Å². The second-order valence-electron chi connectivity index (χ2n) is 8.27. The summed E-state index contributed by atoms with van der Waals surface area (Å²) >= 11 is 1.48. The van der Waals surface area contributed by atoms with Crippen LogP contribution in [-0.2, 0) is 17.6 Å². The van der Waals surface area contributed by atoms with Crippen LogP contribution < -0.4 is 10.1 Å². The van der Waals surface area contributed by atoms with Crippen molar-refractivity contribution in [3.8, 4) is 17.0 Å². The molecule has 0 bridgehead atoms. The molecule has 2 aromatic carbocycles. The summed E-state index contributed by atoms with van der Waals surface area (Å²) in [7, 11) is 0. The molecule has 2 aromatic heterocycles. The Balaban J connectivity index is 1.54. The molecule has 4 aromatic rings. The number of aromatic nitrogens is 1.